The Balaban J connectivity index is 1.92. The number of rotatable bonds is 13. The molecule has 3 aromatic rings. The Bertz CT molecular complexity index is 1260. The second-order valence-electron chi connectivity index (χ2n) is 8.56. The van der Waals surface area contributed by atoms with Crippen LogP contribution in [0.2, 0.25) is 0 Å². The molecule has 0 aliphatic heterocycles. The number of esters is 2. The minimum Gasteiger partial charge on any atom is -0.497 e. The SMILES string of the molecule is C=C(C)C(=O)OCCOc1cc(C(=O)OCCOC)ccc1-c1ccc(-c2ccc(OC)cc2)cc1CC. The molecule has 0 bridgehead atoms. The molecule has 0 spiro atoms. The van der Waals surface area contributed by atoms with Gasteiger partial charge in [-0.25, -0.2) is 9.59 Å². The molecule has 0 unspecified atom stereocenters. The van der Waals surface area contributed by atoms with E-state index in [1.54, 1.807) is 33.3 Å². The van der Waals surface area contributed by atoms with Crippen LogP contribution >= 0.6 is 0 Å². The maximum absolute atomic E-state index is 12.6. The number of hydrogen-bond donors (Lipinski definition) is 0. The number of aryl methyl sites for hydroxylation is 1. The summed E-state index contributed by atoms with van der Waals surface area (Å²) in [5.41, 5.74) is 5.76. The Morgan fingerprint density at radius 3 is 2.13 bits per heavy atom. The van der Waals surface area contributed by atoms with Crippen molar-refractivity contribution < 1.29 is 33.3 Å². The second kappa shape index (κ2) is 14.0. The van der Waals surface area contributed by atoms with Gasteiger partial charge in [-0.15, -0.1) is 0 Å². The topological polar surface area (TPSA) is 80.3 Å². The summed E-state index contributed by atoms with van der Waals surface area (Å²) in [7, 11) is 3.19. The van der Waals surface area contributed by atoms with Gasteiger partial charge in [0, 0.05) is 18.2 Å². The van der Waals surface area contributed by atoms with Crippen molar-refractivity contribution in [2.24, 2.45) is 0 Å². The molecule has 0 saturated heterocycles. The molecule has 0 radical (unpaired) electrons. The molecule has 0 atom stereocenters. The van der Waals surface area contributed by atoms with Gasteiger partial charge in [-0.2, -0.15) is 0 Å². The zero-order valence-corrected chi connectivity index (χ0v) is 22.4. The minimum atomic E-state index is -0.480. The predicted molar refractivity (Wildman–Crippen MR) is 147 cm³/mol. The van der Waals surface area contributed by atoms with Crippen LogP contribution < -0.4 is 9.47 Å². The summed E-state index contributed by atoms with van der Waals surface area (Å²) < 4.78 is 26.7. The van der Waals surface area contributed by atoms with Gasteiger partial charge in [0.15, 0.2) is 0 Å². The molecule has 3 aromatic carbocycles. The molecule has 7 heteroatoms. The van der Waals surface area contributed by atoms with E-state index in [1.807, 2.05) is 30.3 Å². The molecule has 0 aliphatic carbocycles. The summed E-state index contributed by atoms with van der Waals surface area (Å²) in [5.74, 6) is 0.339. The average molecular weight is 519 g/mol. The summed E-state index contributed by atoms with van der Waals surface area (Å²) in [6.45, 7) is 7.87. The van der Waals surface area contributed by atoms with E-state index in [0.717, 1.165) is 40.0 Å². The van der Waals surface area contributed by atoms with Crippen LogP contribution in [0, 0.1) is 0 Å². The Labute approximate surface area is 223 Å². The van der Waals surface area contributed by atoms with Crippen LogP contribution in [0.5, 0.6) is 11.5 Å². The molecule has 0 amide bonds. The third kappa shape index (κ3) is 7.46. The van der Waals surface area contributed by atoms with Gasteiger partial charge in [0.05, 0.1) is 19.3 Å². The fourth-order valence-corrected chi connectivity index (χ4v) is 3.81. The van der Waals surface area contributed by atoms with Crippen LogP contribution in [-0.2, 0) is 25.4 Å². The first-order chi connectivity index (χ1) is 18.4. The van der Waals surface area contributed by atoms with Crippen molar-refractivity contribution in [1.29, 1.82) is 0 Å². The molecule has 7 nitrogen and oxygen atoms in total. The third-order valence-corrected chi connectivity index (χ3v) is 5.86. The van der Waals surface area contributed by atoms with E-state index in [9.17, 15) is 9.59 Å². The average Bonchev–Trinajstić information content (AvgIpc) is 2.94. The van der Waals surface area contributed by atoms with Gasteiger partial charge in [0.2, 0.25) is 0 Å². The highest BCUT2D eigenvalue weighted by Crippen LogP contribution is 2.36. The van der Waals surface area contributed by atoms with E-state index < -0.39 is 11.9 Å². The molecular formula is C31H34O7. The first-order valence-corrected chi connectivity index (χ1v) is 12.4. The second-order valence-corrected chi connectivity index (χ2v) is 8.56. The van der Waals surface area contributed by atoms with Crippen molar-refractivity contribution in [3.63, 3.8) is 0 Å². The van der Waals surface area contributed by atoms with Crippen molar-refractivity contribution in [2.75, 3.05) is 40.6 Å². The van der Waals surface area contributed by atoms with E-state index in [1.165, 1.54) is 0 Å². The molecule has 0 aromatic heterocycles. The van der Waals surface area contributed by atoms with Crippen LogP contribution in [0.25, 0.3) is 22.3 Å². The van der Waals surface area contributed by atoms with Gasteiger partial charge in [0.25, 0.3) is 0 Å². The summed E-state index contributed by atoms with van der Waals surface area (Å²) in [4.78, 5) is 24.3. The van der Waals surface area contributed by atoms with Crippen LogP contribution in [0.4, 0.5) is 0 Å². The Morgan fingerprint density at radius 2 is 1.47 bits per heavy atom. The van der Waals surface area contributed by atoms with Crippen LogP contribution in [0.1, 0.15) is 29.8 Å². The normalized spacial score (nSPS) is 10.5. The first-order valence-electron chi connectivity index (χ1n) is 12.4. The molecule has 0 N–H and O–H groups in total. The molecule has 0 heterocycles. The third-order valence-electron chi connectivity index (χ3n) is 5.86. The van der Waals surface area contributed by atoms with Crippen molar-refractivity contribution >= 4 is 11.9 Å². The molecule has 38 heavy (non-hydrogen) atoms. The van der Waals surface area contributed by atoms with Gasteiger partial charge >= 0.3 is 11.9 Å². The number of carbonyl (C=O) groups excluding carboxylic acids is 2. The lowest BCUT2D eigenvalue weighted by Gasteiger charge is -2.17. The molecule has 0 aliphatic rings. The highest BCUT2D eigenvalue weighted by molar-refractivity contribution is 5.91. The van der Waals surface area contributed by atoms with E-state index in [2.05, 4.69) is 31.7 Å². The highest BCUT2D eigenvalue weighted by atomic mass is 16.6. The largest absolute Gasteiger partial charge is 0.497 e. The van der Waals surface area contributed by atoms with Crippen molar-refractivity contribution in [3.05, 3.63) is 83.9 Å². The predicted octanol–water partition coefficient (Wildman–Crippen LogP) is 5.89. The molecular weight excluding hydrogens is 484 g/mol. The Kier molecular flexibility index (Phi) is 10.5. The number of hydrogen-bond acceptors (Lipinski definition) is 7. The van der Waals surface area contributed by atoms with Crippen LogP contribution in [-0.4, -0.2) is 52.6 Å². The van der Waals surface area contributed by atoms with Crippen molar-refractivity contribution in [2.45, 2.75) is 20.3 Å². The zero-order valence-electron chi connectivity index (χ0n) is 22.4. The van der Waals surface area contributed by atoms with Gasteiger partial charge in [0.1, 0.15) is 31.3 Å². The van der Waals surface area contributed by atoms with E-state index in [4.69, 9.17) is 23.7 Å². The number of methoxy groups -OCH3 is 2. The van der Waals surface area contributed by atoms with Crippen molar-refractivity contribution in [1.82, 2.24) is 0 Å². The van der Waals surface area contributed by atoms with Gasteiger partial charge < -0.3 is 23.7 Å². The van der Waals surface area contributed by atoms with E-state index >= 15 is 0 Å². The van der Waals surface area contributed by atoms with Crippen LogP contribution in [0.3, 0.4) is 0 Å². The first kappa shape index (κ1) is 28.5. The zero-order chi connectivity index (χ0) is 27.5. The number of carbonyl (C=O) groups is 2. The lowest BCUT2D eigenvalue weighted by atomic mass is 9.92. The summed E-state index contributed by atoms with van der Waals surface area (Å²) >= 11 is 0. The fraction of sp³-hybridized carbons (Fsp3) is 0.290. The standard InChI is InChI=1S/C31H34O7/c1-6-22-19-24(23-7-11-26(35-5)12-8-23)9-13-27(22)28-14-10-25(31(33)38-16-15-34-4)20-29(28)36-17-18-37-30(32)21(2)3/h7-14,19-20H,2,6,15-18H2,1,3-5H3. The number of benzene rings is 3. The Hall–Kier alpha value is -4.10. The number of ether oxygens (including phenoxy) is 5. The summed E-state index contributed by atoms with van der Waals surface area (Å²) in [6.07, 6.45) is 0.788. The van der Waals surface area contributed by atoms with Gasteiger partial charge in [-0.05, 0) is 65.9 Å². The molecule has 200 valence electrons. The lowest BCUT2D eigenvalue weighted by Crippen LogP contribution is -2.13. The van der Waals surface area contributed by atoms with Crippen LogP contribution in [0.15, 0.2) is 72.8 Å². The quantitative estimate of drug-likeness (QED) is 0.158. The maximum Gasteiger partial charge on any atom is 0.338 e. The van der Waals surface area contributed by atoms with Gasteiger partial charge in [-0.3, -0.25) is 0 Å². The van der Waals surface area contributed by atoms with E-state index in [-0.39, 0.29) is 19.8 Å². The molecule has 3 rings (SSSR count). The summed E-state index contributed by atoms with van der Waals surface area (Å²) in [6, 6.07) is 19.4. The fourth-order valence-electron chi connectivity index (χ4n) is 3.81. The Morgan fingerprint density at radius 1 is 0.789 bits per heavy atom. The lowest BCUT2D eigenvalue weighted by molar-refractivity contribution is -0.139. The van der Waals surface area contributed by atoms with Gasteiger partial charge in [-0.1, -0.05) is 43.8 Å². The molecule has 0 fully saturated rings. The minimum absolute atomic E-state index is 0.0463. The maximum atomic E-state index is 12.6. The smallest absolute Gasteiger partial charge is 0.338 e. The highest BCUT2D eigenvalue weighted by Gasteiger charge is 2.16. The van der Waals surface area contributed by atoms with E-state index in [0.29, 0.717) is 23.5 Å². The monoisotopic (exact) mass is 518 g/mol. The molecule has 0 saturated carbocycles. The van der Waals surface area contributed by atoms with Crippen molar-refractivity contribution in [3.8, 4) is 33.8 Å². The summed E-state index contributed by atoms with van der Waals surface area (Å²) in [5, 5.41) is 0.